The monoisotopic (exact) mass is 322 g/mol. The Labute approximate surface area is 130 Å². The Hall–Kier alpha value is -1.69. The lowest BCUT2D eigenvalue weighted by molar-refractivity contribution is 1.02. The van der Waals surface area contributed by atoms with Crippen molar-refractivity contribution in [1.29, 1.82) is 0 Å². The number of nitrogens with one attached hydrogen (secondary N) is 1. The van der Waals surface area contributed by atoms with Gasteiger partial charge in [-0.15, -0.1) is 0 Å². The summed E-state index contributed by atoms with van der Waals surface area (Å²) < 4.78 is 2.25. The van der Waals surface area contributed by atoms with Gasteiger partial charge in [0.15, 0.2) is 10.6 Å². The van der Waals surface area contributed by atoms with E-state index in [1.165, 1.54) is 0 Å². The van der Waals surface area contributed by atoms with Crippen molar-refractivity contribution in [2.45, 2.75) is 0 Å². The Morgan fingerprint density at radius 1 is 1.20 bits per heavy atom. The lowest BCUT2D eigenvalue weighted by Crippen LogP contribution is -1.98. The first-order valence-corrected chi connectivity index (χ1v) is 6.86. The summed E-state index contributed by atoms with van der Waals surface area (Å²) in [5.74, 6) is 0.615. The van der Waals surface area contributed by atoms with Gasteiger partial charge in [-0.2, -0.15) is 5.10 Å². The summed E-state index contributed by atoms with van der Waals surface area (Å²) in [5.41, 5.74) is 1.56. The molecule has 0 fully saturated rings. The van der Waals surface area contributed by atoms with Crippen LogP contribution in [0.5, 0.6) is 0 Å². The highest BCUT2D eigenvalue weighted by molar-refractivity contribution is 7.71. The van der Waals surface area contributed by atoms with Crippen molar-refractivity contribution in [3.05, 3.63) is 57.5 Å². The molecule has 4 nitrogen and oxygen atoms in total. The van der Waals surface area contributed by atoms with E-state index in [-0.39, 0.29) is 0 Å². The van der Waals surface area contributed by atoms with Crippen LogP contribution in [0, 0.1) is 4.77 Å². The van der Waals surface area contributed by atoms with Crippen LogP contribution in [0.15, 0.2) is 42.7 Å². The van der Waals surface area contributed by atoms with Crippen molar-refractivity contribution < 1.29 is 0 Å². The topological polar surface area (TPSA) is 46.5 Å². The number of aromatic nitrogens is 4. The first-order valence-electron chi connectivity index (χ1n) is 5.70. The van der Waals surface area contributed by atoms with Gasteiger partial charge in [0, 0.05) is 16.8 Å². The van der Waals surface area contributed by atoms with Crippen LogP contribution < -0.4 is 0 Å². The third kappa shape index (κ3) is 2.35. The maximum atomic E-state index is 6.23. The summed E-state index contributed by atoms with van der Waals surface area (Å²) >= 11 is 17.4. The molecule has 7 heteroatoms. The van der Waals surface area contributed by atoms with Crippen molar-refractivity contribution in [2.75, 3.05) is 0 Å². The molecule has 0 saturated carbocycles. The fourth-order valence-electron chi connectivity index (χ4n) is 1.87. The van der Waals surface area contributed by atoms with Gasteiger partial charge in [0.25, 0.3) is 0 Å². The molecule has 0 aliphatic carbocycles. The molecule has 0 amide bonds. The van der Waals surface area contributed by atoms with Gasteiger partial charge < -0.3 is 0 Å². The van der Waals surface area contributed by atoms with Crippen LogP contribution in [0.4, 0.5) is 0 Å². The molecule has 0 saturated heterocycles. The summed E-state index contributed by atoms with van der Waals surface area (Å²) in [6.45, 7) is 0. The van der Waals surface area contributed by atoms with E-state index in [0.29, 0.717) is 20.6 Å². The van der Waals surface area contributed by atoms with Crippen molar-refractivity contribution in [3.63, 3.8) is 0 Å². The number of H-pyrrole nitrogens is 1. The Morgan fingerprint density at radius 2 is 2.05 bits per heavy atom. The van der Waals surface area contributed by atoms with Crippen molar-refractivity contribution in [3.8, 4) is 17.1 Å². The third-order valence-electron chi connectivity index (χ3n) is 2.75. The Morgan fingerprint density at radius 3 is 2.75 bits per heavy atom. The smallest absolute Gasteiger partial charge is 0.200 e. The Balaban J connectivity index is 2.24. The molecule has 0 spiro atoms. The molecule has 0 aliphatic heterocycles. The van der Waals surface area contributed by atoms with Crippen LogP contribution in [0.25, 0.3) is 17.1 Å². The first kappa shape index (κ1) is 13.3. The number of hydrogen-bond acceptors (Lipinski definition) is 3. The molecule has 20 heavy (non-hydrogen) atoms. The van der Waals surface area contributed by atoms with E-state index in [2.05, 4.69) is 15.2 Å². The van der Waals surface area contributed by atoms with Crippen molar-refractivity contribution in [1.82, 2.24) is 19.7 Å². The summed E-state index contributed by atoms with van der Waals surface area (Å²) in [5, 5.41) is 8.10. The molecule has 0 atom stereocenters. The minimum absolute atomic E-state index is 0.471. The standard InChI is InChI=1S/C13H8Cl2N4S/c14-8-3-4-10(11(15)6-8)12-17-18-13(20)19(12)9-2-1-5-16-7-9/h1-7H,(H,18,20). The van der Waals surface area contributed by atoms with E-state index in [9.17, 15) is 0 Å². The fraction of sp³-hybridized carbons (Fsp3) is 0. The van der Waals surface area contributed by atoms with E-state index in [4.69, 9.17) is 35.4 Å². The predicted molar refractivity (Wildman–Crippen MR) is 82.0 cm³/mol. The van der Waals surface area contributed by atoms with Gasteiger partial charge in [-0.3, -0.25) is 14.6 Å². The molecule has 0 bridgehead atoms. The van der Waals surface area contributed by atoms with Crippen LogP contribution in [0.2, 0.25) is 10.0 Å². The average molecular weight is 323 g/mol. The number of halogens is 2. The van der Waals surface area contributed by atoms with Gasteiger partial charge in [0.2, 0.25) is 0 Å². The Bertz CT molecular complexity index is 811. The predicted octanol–water partition coefficient (Wildman–Crippen LogP) is 4.30. The zero-order valence-corrected chi connectivity index (χ0v) is 12.4. The molecule has 100 valence electrons. The fourth-order valence-corrected chi connectivity index (χ4v) is 2.60. The van der Waals surface area contributed by atoms with Gasteiger partial charge >= 0.3 is 0 Å². The molecule has 0 unspecified atom stereocenters. The zero-order chi connectivity index (χ0) is 14.1. The van der Waals surface area contributed by atoms with Gasteiger partial charge in [0.05, 0.1) is 16.9 Å². The maximum Gasteiger partial charge on any atom is 0.200 e. The van der Waals surface area contributed by atoms with E-state index in [0.717, 1.165) is 11.3 Å². The molecule has 0 aliphatic rings. The van der Waals surface area contributed by atoms with Gasteiger partial charge in [-0.1, -0.05) is 23.2 Å². The molecule has 0 radical (unpaired) electrons. The molecule has 2 heterocycles. The second kappa shape index (κ2) is 5.36. The van der Waals surface area contributed by atoms with E-state index >= 15 is 0 Å². The summed E-state index contributed by atoms with van der Waals surface area (Å²) in [6, 6.07) is 8.96. The number of hydrogen-bond donors (Lipinski definition) is 1. The summed E-state index contributed by atoms with van der Waals surface area (Å²) in [6.07, 6.45) is 3.40. The third-order valence-corrected chi connectivity index (χ3v) is 3.57. The summed E-state index contributed by atoms with van der Waals surface area (Å²) in [4.78, 5) is 4.09. The highest BCUT2D eigenvalue weighted by Gasteiger charge is 2.14. The lowest BCUT2D eigenvalue weighted by Gasteiger charge is -2.07. The molecule has 3 aromatic rings. The van der Waals surface area contributed by atoms with Gasteiger partial charge in [0.1, 0.15) is 0 Å². The minimum Gasteiger partial charge on any atom is -0.267 e. The SMILES string of the molecule is S=c1[nH]nc(-c2ccc(Cl)cc2Cl)n1-c1cccnc1. The average Bonchev–Trinajstić information content (AvgIpc) is 2.81. The van der Waals surface area contributed by atoms with Gasteiger partial charge in [-0.25, -0.2) is 0 Å². The molecular formula is C13H8Cl2N4S. The molecule has 3 rings (SSSR count). The molecule has 1 N–H and O–H groups in total. The molecule has 2 aromatic heterocycles. The van der Waals surface area contributed by atoms with Gasteiger partial charge in [-0.05, 0) is 42.5 Å². The highest BCUT2D eigenvalue weighted by Crippen LogP contribution is 2.30. The second-order valence-corrected chi connectivity index (χ2v) is 5.25. The second-order valence-electron chi connectivity index (χ2n) is 4.02. The quantitative estimate of drug-likeness (QED) is 0.715. The van der Waals surface area contributed by atoms with Crippen LogP contribution in [-0.2, 0) is 0 Å². The van der Waals surface area contributed by atoms with Crippen LogP contribution in [0.3, 0.4) is 0 Å². The van der Waals surface area contributed by atoms with Crippen LogP contribution >= 0.6 is 35.4 Å². The number of benzene rings is 1. The number of nitrogens with zero attached hydrogens (tertiary/aromatic N) is 3. The normalized spacial score (nSPS) is 10.7. The molecular weight excluding hydrogens is 315 g/mol. The van der Waals surface area contributed by atoms with E-state index < -0.39 is 0 Å². The Kier molecular flexibility index (Phi) is 3.56. The highest BCUT2D eigenvalue weighted by atomic mass is 35.5. The molecule has 1 aromatic carbocycles. The largest absolute Gasteiger partial charge is 0.267 e. The number of pyridine rings is 1. The summed E-state index contributed by atoms with van der Waals surface area (Å²) in [7, 11) is 0. The van der Waals surface area contributed by atoms with Crippen molar-refractivity contribution >= 4 is 35.4 Å². The lowest BCUT2D eigenvalue weighted by atomic mass is 10.2. The van der Waals surface area contributed by atoms with Crippen molar-refractivity contribution in [2.24, 2.45) is 0 Å². The first-order chi connectivity index (χ1) is 9.66. The van der Waals surface area contributed by atoms with Crippen LogP contribution in [-0.4, -0.2) is 19.7 Å². The maximum absolute atomic E-state index is 6.23. The number of aromatic amines is 1. The number of rotatable bonds is 2. The van der Waals surface area contributed by atoms with Crippen LogP contribution in [0.1, 0.15) is 0 Å². The van der Waals surface area contributed by atoms with E-state index in [1.54, 1.807) is 29.1 Å². The minimum atomic E-state index is 0.471. The van der Waals surface area contributed by atoms with E-state index in [1.807, 2.05) is 18.2 Å². The zero-order valence-electron chi connectivity index (χ0n) is 10.0.